The van der Waals surface area contributed by atoms with Crippen molar-refractivity contribution < 1.29 is 36.3 Å². The van der Waals surface area contributed by atoms with Gasteiger partial charge >= 0.3 is 12.2 Å². The van der Waals surface area contributed by atoms with Crippen LogP contribution in [0.5, 0.6) is 0 Å². The van der Waals surface area contributed by atoms with E-state index in [1.807, 2.05) is 5.32 Å². The lowest BCUT2D eigenvalue weighted by Gasteiger charge is -2.32. The zero-order chi connectivity index (χ0) is 28.6. The summed E-state index contributed by atoms with van der Waals surface area (Å²) in [6, 6.07) is 1.23. The number of carbonyl (C=O) groups is 2. The highest BCUT2D eigenvalue weighted by Gasteiger charge is 2.49. The first-order chi connectivity index (χ1) is 19.1. The van der Waals surface area contributed by atoms with Crippen LogP contribution < -0.4 is 10.6 Å². The number of benzene rings is 1. The Balaban J connectivity index is 1.51. The minimum Gasteiger partial charge on any atom is -0.439 e. The fourth-order valence-corrected chi connectivity index (χ4v) is 5.57. The smallest absolute Gasteiger partial charge is 0.410 e. The number of carbonyl (C=O) groups excluding carboxylic acids is 2. The van der Waals surface area contributed by atoms with Crippen molar-refractivity contribution in [3.05, 3.63) is 47.1 Å². The highest BCUT2D eigenvalue weighted by atomic mass is 19.4. The zero-order valence-electron chi connectivity index (χ0n) is 22.0. The minimum atomic E-state index is -4.60. The molecule has 0 bridgehead atoms. The lowest BCUT2D eigenvalue weighted by molar-refractivity contribution is -0.150. The molecule has 0 radical (unpaired) electrons. The van der Waals surface area contributed by atoms with Crippen LogP contribution >= 0.6 is 0 Å². The summed E-state index contributed by atoms with van der Waals surface area (Å²) in [7, 11) is 3.05. The van der Waals surface area contributed by atoms with E-state index in [0.717, 1.165) is 4.90 Å². The molecule has 1 aromatic carbocycles. The van der Waals surface area contributed by atoms with Crippen LogP contribution in [0.25, 0.3) is 11.1 Å². The number of oxazole rings is 1. The zero-order valence-corrected chi connectivity index (χ0v) is 22.0. The van der Waals surface area contributed by atoms with Gasteiger partial charge in [-0.25, -0.2) is 14.2 Å². The summed E-state index contributed by atoms with van der Waals surface area (Å²) < 4.78 is 67.2. The van der Waals surface area contributed by atoms with E-state index in [1.165, 1.54) is 18.0 Å². The number of nitrogens with one attached hydrogen (secondary N) is 2. The van der Waals surface area contributed by atoms with E-state index in [9.17, 15) is 27.2 Å². The number of alkyl halides is 4. The number of urea groups is 1. The van der Waals surface area contributed by atoms with Crippen molar-refractivity contribution in [3.63, 3.8) is 0 Å². The lowest BCUT2D eigenvalue weighted by Crippen LogP contribution is -2.40. The summed E-state index contributed by atoms with van der Waals surface area (Å²) in [4.78, 5) is 31.0. The van der Waals surface area contributed by atoms with Crippen LogP contribution in [0.3, 0.4) is 0 Å². The van der Waals surface area contributed by atoms with Gasteiger partial charge in [0.05, 0.1) is 25.7 Å². The molecule has 216 valence electrons. The number of ether oxygens (including phenoxy) is 1. The highest BCUT2D eigenvalue weighted by Crippen LogP contribution is 2.43. The summed E-state index contributed by atoms with van der Waals surface area (Å²) >= 11 is 0. The standard InChI is InChI=1S/C26H30F4N6O4/c1-35-17(9-10-32-35)24(37)31-11-21-34-23-19(40-21)8-7-16(22(23)14-3-5-15(27)6-4-14)18(13-39-2)36-12-20(26(28,29)30)33-25(36)38/h7-10,14-15,18,20H,3-6,11-13H2,1-2H3,(H,31,37)(H,33,38)/t14?,15?,18-,20+/m1/s1. The maximum absolute atomic E-state index is 14.1. The van der Waals surface area contributed by atoms with Gasteiger partial charge in [0.25, 0.3) is 5.91 Å². The molecule has 10 nitrogen and oxygen atoms in total. The van der Waals surface area contributed by atoms with Gasteiger partial charge in [-0.3, -0.25) is 9.48 Å². The molecule has 1 aliphatic carbocycles. The normalized spacial score (nSPS) is 22.5. The van der Waals surface area contributed by atoms with E-state index >= 15 is 0 Å². The van der Waals surface area contributed by atoms with Gasteiger partial charge in [-0.2, -0.15) is 18.3 Å². The van der Waals surface area contributed by atoms with Crippen molar-refractivity contribution in [1.82, 2.24) is 30.3 Å². The second-order valence-electron chi connectivity index (χ2n) is 10.2. The molecule has 2 aromatic heterocycles. The molecule has 1 aliphatic heterocycles. The second-order valence-corrected chi connectivity index (χ2v) is 10.2. The van der Waals surface area contributed by atoms with Crippen molar-refractivity contribution in [2.45, 2.75) is 62.6 Å². The third-order valence-corrected chi connectivity index (χ3v) is 7.59. The summed E-state index contributed by atoms with van der Waals surface area (Å²) in [5.74, 6) is -0.303. The Kier molecular flexibility index (Phi) is 7.71. The molecule has 14 heteroatoms. The van der Waals surface area contributed by atoms with Crippen molar-refractivity contribution in [2.75, 3.05) is 20.3 Å². The monoisotopic (exact) mass is 566 g/mol. The Morgan fingerprint density at radius 3 is 2.62 bits per heavy atom. The molecule has 3 aromatic rings. The van der Waals surface area contributed by atoms with E-state index in [2.05, 4.69) is 15.4 Å². The summed E-state index contributed by atoms with van der Waals surface area (Å²) in [6.07, 6.45) is -2.35. The number of fused-ring (bicyclic) bond motifs is 1. The first-order valence-electron chi connectivity index (χ1n) is 13.0. The average Bonchev–Trinajstić information content (AvgIpc) is 3.63. The Morgan fingerprint density at radius 1 is 1.25 bits per heavy atom. The molecule has 1 saturated carbocycles. The van der Waals surface area contributed by atoms with Crippen molar-refractivity contribution in [2.24, 2.45) is 7.05 Å². The van der Waals surface area contributed by atoms with Gasteiger partial charge in [0.1, 0.15) is 23.4 Å². The first-order valence-corrected chi connectivity index (χ1v) is 13.0. The number of hydrogen-bond acceptors (Lipinski definition) is 6. The van der Waals surface area contributed by atoms with Crippen molar-refractivity contribution in [3.8, 4) is 0 Å². The predicted octanol–water partition coefficient (Wildman–Crippen LogP) is 4.13. The van der Waals surface area contributed by atoms with Crippen LogP contribution in [-0.4, -0.2) is 70.3 Å². The molecule has 0 unspecified atom stereocenters. The Bertz CT molecular complexity index is 1380. The van der Waals surface area contributed by atoms with E-state index in [-0.39, 0.29) is 30.9 Å². The number of aryl methyl sites for hydroxylation is 1. The second kappa shape index (κ2) is 11.1. The summed E-state index contributed by atoms with van der Waals surface area (Å²) in [6.45, 7) is -0.649. The van der Waals surface area contributed by atoms with Crippen LogP contribution in [0.1, 0.15) is 65.1 Å². The molecule has 2 aliphatic rings. The minimum absolute atomic E-state index is 0.0199. The van der Waals surface area contributed by atoms with Crippen molar-refractivity contribution >= 4 is 23.0 Å². The van der Waals surface area contributed by atoms with Crippen molar-refractivity contribution in [1.29, 1.82) is 0 Å². The summed E-state index contributed by atoms with van der Waals surface area (Å²) in [5, 5.41) is 8.74. The van der Waals surface area contributed by atoms with Gasteiger partial charge in [-0.1, -0.05) is 6.07 Å². The topological polar surface area (TPSA) is 115 Å². The van der Waals surface area contributed by atoms with Gasteiger partial charge < -0.3 is 24.7 Å². The molecule has 2 atom stereocenters. The van der Waals surface area contributed by atoms with E-state index in [0.29, 0.717) is 53.6 Å². The van der Waals surface area contributed by atoms with Gasteiger partial charge in [-0.15, -0.1) is 0 Å². The molecule has 2 fully saturated rings. The fourth-order valence-electron chi connectivity index (χ4n) is 5.57. The quantitative estimate of drug-likeness (QED) is 0.397. The first kappa shape index (κ1) is 27.9. The van der Waals surface area contributed by atoms with Gasteiger partial charge in [0, 0.05) is 20.4 Å². The summed E-state index contributed by atoms with van der Waals surface area (Å²) in [5.41, 5.74) is 2.51. The van der Waals surface area contributed by atoms with E-state index in [1.54, 1.807) is 25.2 Å². The molecule has 3 heterocycles. The average molecular weight is 567 g/mol. The SMILES string of the molecule is COC[C@H](c1ccc2oc(CNC(=O)c3ccnn3C)nc2c1C1CCC(F)CC1)N1C[C@@H](C(F)(F)F)NC1=O. The number of amides is 3. The van der Waals surface area contributed by atoms with Crippen LogP contribution in [-0.2, 0) is 18.3 Å². The molecule has 5 rings (SSSR count). The van der Waals surface area contributed by atoms with Crippen LogP contribution in [0.4, 0.5) is 22.4 Å². The molecular weight excluding hydrogens is 536 g/mol. The number of rotatable bonds is 8. The third kappa shape index (κ3) is 5.49. The Labute approximate surface area is 227 Å². The van der Waals surface area contributed by atoms with Crippen LogP contribution in [0.15, 0.2) is 28.8 Å². The number of halogens is 4. The third-order valence-electron chi connectivity index (χ3n) is 7.59. The van der Waals surface area contributed by atoms with Crippen LogP contribution in [0.2, 0.25) is 0 Å². The molecule has 40 heavy (non-hydrogen) atoms. The number of hydrogen-bond donors (Lipinski definition) is 2. The van der Waals surface area contributed by atoms with Gasteiger partial charge in [0.2, 0.25) is 5.89 Å². The fraction of sp³-hybridized carbons (Fsp3) is 0.538. The largest absolute Gasteiger partial charge is 0.439 e. The Morgan fingerprint density at radius 2 is 2.00 bits per heavy atom. The Hall–Kier alpha value is -3.68. The highest BCUT2D eigenvalue weighted by molar-refractivity contribution is 5.92. The van der Waals surface area contributed by atoms with E-state index < -0.39 is 37.0 Å². The molecule has 0 spiro atoms. The predicted molar refractivity (Wildman–Crippen MR) is 134 cm³/mol. The number of nitrogens with zero attached hydrogens (tertiary/aromatic N) is 4. The number of aromatic nitrogens is 3. The van der Waals surface area contributed by atoms with Crippen LogP contribution in [0, 0.1) is 0 Å². The molecule has 3 amide bonds. The number of methoxy groups -OCH3 is 1. The molecule has 1 saturated heterocycles. The lowest BCUT2D eigenvalue weighted by atomic mass is 9.79. The molecular formula is C26H30F4N6O4. The van der Waals surface area contributed by atoms with Gasteiger partial charge in [0.15, 0.2) is 5.58 Å². The van der Waals surface area contributed by atoms with Gasteiger partial charge in [-0.05, 0) is 54.9 Å². The maximum Gasteiger partial charge on any atom is 0.410 e. The maximum atomic E-state index is 14.1. The van der Waals surface area contributed by atoms with E-state index in [4.69, 9.17) is 9.15 Å². The molecule has 2 N–H and O–H groups in total.